The third kappa shape index (κ3) is 4.29. The molecule has 2 amide bonds. The topological polar surface area (TPSA) is 66.0 Å². The Hall–Kier alpha value is -2.40. The summed E-state index contributed by atoms with van der Waals surface area (Å²) in [5.74, 6) is 0. The minimum atomic E-state index is -0.281. The Morgan fingerprint density at radius 2 is 1.90 bits per heavy atom. The number of hydrogen-bond acceptors (Lipinski definition) is 3. The van der Waals surface area contributed by atoms with Gasteiger partial charge in [0.2, 0.25) is 0 Å². The van der Waals surface area contributed by atoms with Crippen LogP contribution in [0.25, 0.3) is 0 Å². The molecule has 2 rings (SSSR count). The predicted molar refractivity (Wildman–Crippen MR) is 85.5 cm³/mol. The quantitative estimate of drug-likeness (QED) is 0.807. The molecule has 1 aromatic carbocycles. The Labute approximate surface area is 124 Å². The molecule has 0 fully saturated rings. The van der Waals surface area contributed by atoms with Crippen LogP contribution >= 0.6 is 0 Å². The Kier molecular flexibility index (Phi) is 4.90. The number of benzene rings is 1. The molecule has 0 aliphatic rings. The maximum absolute atomic E-state index is 12.0. The van der Waals surface area contributed by atoms with E-state index in [9.17, 15) is 4.79 Å². The normalized spacial score (nSPS) is 11.8. The Bertz CT molecular complexity index is 627. The molecule has 1 aromatic heterocycles. The van der Waals surface area contributed by atoms with E-state index in [1.165, 1.54) is 0 Å². The summed E-state index contributed by atoms with van der Waals surface area (Å²) in [7, 11) is 1.90. The molecular formula is C16H20N4O. The van der Waals surface area contributed by atoms with Gasteiger partial charge in [0.05, 0.1) is 11.9 Å². The fraction of sp³-hybridized carbons (Fsp3) is 0.250. The van der Waals surface area contributed by atoms with Crippen molar-refractivity contribution in [3.05, 3.63) is 53.9 Å². The van der Waals surface area contributed by atoms with E-state index < -0.39 is 0 Å². The molecule has 5 heteroatoms. The zero-order valence-corrected chi connectivity index (χ0v) is 12.5. The molecule has 110 valence electrons. The van der Waals surface area contributed by atoms with Gasteiger partial charge in [0, 0.05) is 17.9 Å². The molecule has 0 aliphatic heterocycles. The summed E-state index contributed by atoms with van der Waals surface area (Å²) in [5.41, 5.74) is 3.55. The molecule has 1 atom stereocenters. The van der Waals surface area contributed by atoms with Gasteiger partial charge in [-0.3, -0.25) is 4.98 Å². The molecule has 0 aliphatic carbocycles. The third-order valence-corrected chi connectivity index (χ3v) is 3.21. The molecule has 21 heavy (non-hydrogen) atoms. The highest BCUT2D eigenvalue weighted by Gasteiger charge is 2.06. The fourth-order valence-electron chi connectivity index (χ4n) is 1.97. The van der Waals surface area contributed by atoms with Crippen molar-refractivity contribution in [1.82, 2.24) is 10.3 Å². The van der Waals surface area contributed by atoms with Crippen molar-refractivity contribution in [3.63, 3.8) is 0 Å². The van der Waals surface area contributed by atoms with Crippen molar-refractivity contribution in [2.45, 2.75) is 19.9 Å². The van der Waals surface area contributed by atoms with Crippen LogP contribution in [-0.2, 0) is 0 Å². The highest BCUT2D eigenvalue weighted by atomic mass is 16.2. The smallest absolute Gasteiger partial charge is 0.313 e. The van der Waals surface area contributed by atoms with Crippen LogP contribution in [0.2, 0.25) is 0 Å². The van der Waals surface area contributed by atoms with Gasteiger partial charge < -0.3 is 16.0 Å². The summed E-state index contributed by atoms with van der Waals surface area (Å²) < 4.78 is 0. The zero-order chi connectivity index (χ0) is 15.2. The molecule has 0 saturated carbocycles. The van der Waals surface area contributed by atoms with Gasteiger partial charge in [-0.1, -0.05) is 12.1 Å². The standard InChI is InChI=1S/C16H20N4O/c1-11-7-15(10-18-9-11)20-16(21)19-14-6-4-5-13(8-14)12(2)17-3/h4-10,12,17H,1-3H3,(H2,19,20,21). The summed E-state index contributed by atoms with van der Waals surface area (Å²) >= 11 is 0. The first-order valence-corrected chi connectivity index (χ1v) is 6.85. The first-order chi connectivity index (χ1) is 10.1. The van der Waals surface area contributed by atoms with E-state index in [1.807, 2.05) is 44.3 Å². The van der Waals surface area contributed by atoms with Gasteiger partial charge in [-0.05, 0) is 50.2 Å². The maximum atomic E-state index is 12.0. The van der Waals surface area contributed by atoms with E-state index in [0.29, 0.717) is 5.69 Å². The molecule has 2 aromatic rings. The molecule has 5 nitrogen and oxygen atoms in total. The van der Waals surface area contributed by atoms with Crippen LogP contribution in [0.1, 0.15) is 24.1 Å². The summed E-state index contributed by atoms with van der Waals surface area (Å²) in [5, 5.41) is 8.76. The lowest BCUT2D eigenvalue weighted by Gasteiger charge is -2.13. The average Bonchev–Trinajstić information content (AvgIpc) is 2.46. The average molecular weight is 284 g/mol. The van der Waals surface area contributed by atoms with Gasteiger partial charge in [-0.2, -0.15) is 0 Å². The number of nitrogens with one attached hydrogen (secondary N) is 3. The van der Waals surface area contributed by atoms with Crippen LogP contribution in [-0.4, -0.2) is 18.1 Å². The number of hydrogen-bond donors (Lipinski definition) is 3. The maximum Gasteiger partial charge on any atom is 0.323 e. The van der Waals surface area contributed by atoms with Crippen molar-refractivity contribution >= 4 is 17.4 Å². The van der Waals surface area contributed by atoms with Gasteiger partial charge in [0.15, 0.2) is 0 Å². The van der Waals surface area contributed by atoms with Gasteiger partial charge in [-0.25, -0.2) is 4.79 Å². The minimum Gasteiger partial charge on any atom is -0.313 e. The zero-order valence-electron chi connectivity index (χ0n) is 12.5. The van der Waals surface area contributed by atoms with Crippen LogP contribution in [0.15, 0.2) is 42.7 Å². The number of carbonyl (C=O) groups is 1. The Morgan fingerprint density at radius 3 is 2.62 bits per heavy atom. The summed E-state index contributed by atoms with van der Waals surface area (Å²) in [6.07, 6.45) is 3.36. The molecule has 1 unspecified atom stereocenters. The van der Waals surface area contributed by atoms with Crippen molar-refractivity contribution in [1.29, 1.82) is 0 Å². The summed E-state index contributed by atoms with van der Waals surface area (Å²) in [4.78, 5) is 16.0. The van der Waals surface area contributed by atoms with Gasteiger partial charge in [0.1, 0.15) is 0 Å². The van der Waals surface area contributed by atoms with Crippen molar-refractivity contribution < 1.29 is 4.79 Å². The molecule has 0 saturated heterocycles. The number of urea groups is 1. The number of aryl methyl sites for hydroxylation is 1. The molecule has 3 N–H and O–H groups in total. The van der Waals surface area contributed by atoms with Crippen molar-refractivity contribution in [2.75, 3.05) is 17.7 Å². The minimum absolute atomic E-state index is 0.232. The van der Waals surface area contributed by atoms with Crippen LogP contribution in [0.3, 0.4) is 0 Å². The SMILES string of the molecule is CNC(C)c1cccc(NC(=O)Nc2cncc(C)c2)c1. The van der Waals surface area contributed by atoms with E-state index in [1.54, 1.807) is 12.4 Å². The Morgan fingerprint density at radius 1 is 1.14 bits per heavy atom. The number of pyridine rings is 1. The van der Waals surface area contributed by atoms with E-state index in [0.717, 1.165) is 16.8 Å². The number of rotatable bonds is 4. The van der Waals surface area contributed by atoms with Gasteiger partial charge in [0.25, 0.3) is 0 Å². The second kappa shape index (κ2) is 6.85. The number of aromatic nitrogens is 1. The highest BCUT2D eigenvalue weighted by Crippen LogP contribution is 2.17. The lowest BCUT2D eigenvalue weighted by atomic mass is 10.1. The molecular weight excluding hydrogens is 264 g/mol. The van der Waals surface area contributed by atoms with Gasteiger partial charge in [-0.15, -0.1) is 0 Å². The fourth-order valence-corrected chi connectivity index (χ4v) is 1.97. The van der Waals surface area contributed by atoms with E-state index in [-0.39, 0.29) is 12.1 Å². The van der Waals surface area contributed by atoms with Crippen LogP contribution in [0.4, 0.5) is 16.2 Å². The molecule has 0 bridgehead atoms. The first kappa shape index (κ1) is 15.0. The molecule has 1 heterocycles. The van der Waals surface area contributed by atoms with Crippen LogP contribution in [0, 0.1) is 6.92 Å². The number of anilines is 2. The third-order valence-electron chi connectivity index (χ3n) is 3.21. The van der Waals surface area contributed by atoms with Gasteiger partial charge >= 0.3 is 6.03 Å². The van der Waals surface area contributed by atoms with E-state index in [4.69, 9.17) is 0 Å². The number of carbonyl (C=O) groups excluding carboxylic acids is 1. The Balaban J connectivity index is 2.02. The first-order valence-electron chi connectivity index (χ1n) is 6.85. The number of amides is 2. The lowest BCUT2D eigenvalue weighted by molar-refractivity contribution is 0.262. The van der Waals surface area contributed by atoms with Crippen molar-refractivity contribution in [3.8, 4) is 0 Å². The second-order valence-corrected chi connectivity index (χ2v) is 4.97. The second-order valence-electron chi connectivity index (χ2n) is 4.97. The predicted octanol–water partition coefficient (Wildman–Crippen LogP) is 3.31. The van der Waals surface area contributed by atoms with Crippen molar-refractivity contribution in [2.24, 2.45) is 0 Å². The number of nitrogens with zero attached hydrogens (tertiary/aromatic N) is 1. The monoisotopic (exact) mass is 284 g/mol. The lowest BCUT2D eigenvalue weighted by Crippen LogP contribution is -2.20. The van der Waals surface area contributed by atoms with E-state index in [2.05, 4.69) is 27.9 Å². The largest absolute Gasteiger partial charge is 0.323 e. The van der Waals surface area contributed by atoms with E-state index >= 15 is 0 Å². The highest BCUT2D eigenvalue weighted by molar-refractivity contribution is 5.99. The molecule has 0 radical (unpaired) electrons. The summed E-state index contributed by atoms with van der Waals surface area (Å²) in [6, 6.07) is 9.58. The molecule has 0 spiro atoms. The van der Waals surface area contributed by atoms with Crippen LogP contribution < -0.4 is 16.0 Å². The summed E-state index contributed by atoms with van der Waals surface area (Å²) in [6.45, 7) is 4.00. The van der Waals surface area contributed by atoms with Crippen LogP contribution in [0.5, 0.6) is 0 Å².